The number of para-hydroxylation sites is 1. The molecule has 0 aliphatic carbocycles. The fraction of sp³-hybridized carbons (Fsp3) is 0.0500. The first kappa shape index (κ1) is 17.2. The minimum atomic E-state index is -0.350. The summed E-state index contributed by atoms with van der Waals surface area (Å²) in [5.74, 6) is 0.228. The Morgan fingerprint density at radius 2 is 1.42 bits per heavy atom. The van der Waals surface area contributed by atoms with Crippen molar-refractivity contribution < 1.29 is 9.59 Å². The third kappa shape index (κ3) is 4.67. The molecule has 130 valence electrons. The zero-order valence-corrected chi connectivity index (χ0v) is 14.2. The Balaban J connectivity index is 1.58. The van der Waals surface area contributed by atoms with Crippen molar-refractivity contribution in [2.45, 2.75) is 6.92 Å². The van der Waals surface area contributed by atoms with Gasteiger partial charge in [0.25, 0.3) is 5.91 Å². The fourth-order valence-electron chi connectivity index (χ4n) is 2.25. The van der Waals surface area contributed by atoms with Gasteiger partial charge in [-0.25, -0.2) is 9.78 Å². The molecule has 0 bridgehead atoms. The summed E-state index contributed by atoms with van der Waals surface area (Å²) in [7, 11) is 0. The molecule has 1 heterocycles. The van der Waals surface area contributed by atoms with Crippen molar-refractivity contribution in [1.82, 2.24) is 4.98 Å². The molecule has 0 fully saturated rings. The van der Waals surface area contributed by atoms with E-state index in [9.17, 15) is 9.59 Å². The molecule has 0 radical (unpaired) electrons. The van der Waals surface area contributed by atoms with Crippen LogP contribution in [0.2, 0.25) is 0 Å². The van der Waals surface area contributed by atoms with Crippen molar-refractivity contribution in [2.24, 2.45) is 0 Å². The van der Waals surface area contributed by atoms with Crippen molar-refractivity contribution in [3.63, 3.8) is 0 Å². The number of rotatable bonds is 4. The van der Waals surface area contributed by atoms with Gasteiger partial charge in [0.05, 0.1) is 0 Å². The molecule has 0 aliphatic heterocycles. The summed E-state index contributed by atoms with van der Waals surface area (Å²) in [6.45, 7) is 1.93. The maximum atomic E-state index is 12.2. The van der Waals surface area contributed by atoms with E-state index in [-0.39, 0.29) is 11.9 Å². The highest BCUT2D eigenvalue weighted by Crippen LogP contribution is 2.13. The highest BCUT2D eigenvalue weighted by atomic mass is 16.2. The maximum Gasteiger partial charge on any atom is 0.323 e. The third-order valence-corrected chi connectivity index (χ3v) is 3.59. The number of urea groups is 1. The SMILES string of the molecule is Cc1ccc(NC(=O)c2ccc(NC(=O)Nc3ccccc3)cc2)nc1. The smallest absolute Gasteiger partial charge is 0.308 e. The lowest BCUT2D eigenvalue weighted by molar-refractivity contribution is 0.102. The van der Waals surface area contributed by atoms with E-state index in [0.717, 1.165) is 5.56 Å². The Hall–Kier alpha value is -3.67. The van der Waals surface area contributed by atoms with Crippen LogP contribution in [-0.2, 0) is 0 Å². The van der Waals surface area contributed by atoms with Crippen LogP contribution in [0.3, 0.4) is 0 Å². The molecule has 0 unspecified atom stereocenters. The van der Waals surface area contributed by atoms with Gasteiger partial charge in [-0.2, -0.15) is 0 Å². The molecular formula is C20H18N4O2. The number of amides is 3. The van der Waals surface area contributed by atoms with Gasteiger partial charge in [-0.3, -0.25) is 4.79 Å². The number of anilines is 3. The molecule has 0 spiro atoms. The van der Waals surface area contributed by atoms with E-state index in [2.05, 4.69) is 20.9 Å². The van der Waals surface area contributed by atoms with E-state index in [1.165, 1.54) is 0 Å². The standard InChI is InChI=1S/C20H18N4O2/c1-14-7-12-18(21-13-14)24-19(25)15-8-10-17(11-9-15)23-20(26)22-16-5-3-2-4-6-16/h2-13H,1H3,(H,21,24,25)(H2,22,23,26). The number of carbonyl (C=O) groups is 2. The molecule has 3 N–H and O–H groups in total. The maximum absolute atomic E-state index is 12.2. The van der Waals surface area contributed by atoms with Gasteiger partial charge >= 0.3 is 6.03 Å². The van der Waals surface area contributed by atoms with Crippen molar-refractivity contribution in [3.8, 4) is 0 Å². The van der Waals surface area contributed by atoms with Crippen LogP contribution in [0.25, 0.3) is 0 Å². The number of nitrogens with one attached hydrogen (secondary N) is 3. The van der Waals surface area contributed by atoms with Crippen LogP contribution in [-0.4, -0.2) is 16.9 Å². The molecule has 0 atom stereocenters. The van der Waals surface area contributed by atoms with Crippen LogP contribution in [0.1, 0.15) is 15.9 Å². The van der Waals surface area contributed by atoms with Gasteiger partial charge in [-0.05, 0) is 55.0 Å². The normalized spacial score (nSPS) is 10.0. The van der Waals surface area contributed by atoms with Crippen LogP contribution in [0, 0.1) is 6.92 Å². The number of aromatic nitrogens is 1. The van der Waals surface area contributed by atoms with Crippen LogP contribution in [0.4, 0.5) is 22.0 Å². The summed E-state index contributed by atoms with van der Waals surface area (Å²) in [4.78, 5) is 28.3. The molecule has 3 rings (SSSR count). The number of pyridine rings is 1. The van der Waals surface area contributed by atoms with Gasteiger partial charge in [-0.1, -0.05) is 24.3 Å². The lowest BCUT2D eigenvalue weighted by Gasteiger charge is -2.09. The Bertz CT molecular complexity index is 891. The lowest BCUT2D eigenvalue weighted by Crippen LogP contribution is -2.19. The van der Waals surface area contributed by atoms with Crippen molar-refractivity contribution in [3.05, 3.63) is 84.1 Å². The third-order valence-electron chi connectivity index (χ3n) is 3.59. The van der Waals surface area contributed by atoms with E-state index >= 15 is 0 Å². The van der Waals surface area contributed by atoms with E-state index in [1.807, 2.05) is 31.2 Å². The van der Waals surface area contributed by atoms with Crippen molar-refractivity contribution >= 4 is 29.1 Å². The number of carbonyl (C=O) groups excluding carboxylic acids is 2. The minimum absolute atomic E-state index is 0.262. The molecular weight excluding hydrogens is 328 g/mol. The molecule has 3 aromatic rings. The topological polar surface area (TPSA) is 83.1 Å². The second-order valence-electron chi connectivity index (χ2n) is 5.70. The van der Waals surface area contributed by atoms with Gasteiger partial charge in [-0.15, -0.1) is 0 Å². The van der Waals surface area contributed by atoms with Gasteiger partial charge in [0.15, 0.2) is 0 Å². The number of aryl methyl sites for hydroxylation is 1. The first-order valence-electron chi connectivity index (χ1n) is 8.07. The van der Waals surface area contributed by atoms with E-state index < -0.39 is 0 Å². The summed E-state index contributed by atoms with van der Waals surface area (Å²) in [5, 5.41) is 8.17. The van der Waals surface area contributed by atoms with E-state index in [1.54, 1.807) is 48.7 Å². The first-order valence-corrected chi connectivity index (χ1v) is 8.07. The Labute approximate surface area is 151 Å². The van der Waals surface area contributed by atoms with E-state index in [4.69, 9.17) is 0 Å². The zero-order chi connectivity index (χ0) is 18.4. The highest BCUT2D eigenvalue weighted by Gasteiger charge is 2.08. The van der Waals surface area contributed by atoms with Gasteiger partial charge < -0.3 is 16.0 Å². The minimum Gasteiger partial charge on any atom is -0.308 e. The molecule has 0 saturated carbocycles. The second kappa shape index (κ2) is 7.94. The van der Waals surface area contributed by atoms with Crippen LogP contribution < -0.4 is 16.0 Å². The fourth-order valence-corrected chi connectivity index (χ4v) is 2.25. The molecule has 0 saturated heterocycles. The molecule has 2 aromatic carbocycles. The summed E-state index contributed by atoms with van der Waals surface area (Å²) in [5.41, 5.74) is 2.78. The zero-order valence-electron chi connectivity index (χ0n) is 14.2. The summed E-state index contributed by atoms with van der Waals surface area (Å²) >= 11 is 0. The summed E-state index contributed by atoms with van der Waals surface area (Å²) in [6, 6.07) is 19.0. The molecule has 6 nitrogen and oxygen atoms in total. The van der Waals surface area contributed by atoms with Crippen molar-refractivity contribution in [1.29, 1.82) is 0 Å². The Morgan fingerprint density at radius 3 is 2.04 bits per heavy atom. The Kier molecular flexibility index (Phi) is 5.24. The largest absolute Gasteiger partial charge is 0.323 e. The monoisotopic (exact) mass is 346 g/mol. The Morgan fingerprint density at radius 1 is 0.769 bits per heavy atom. The number of benzene rings is 2. The molecule has 26 heavy (non-hydrogen) atoms. The molecule has 3 amide bonds. The van der Waals surface area contributed by atoms with E-state index in [0.29, 0.717) is 22.8 Å². The number of hydrogen-bond acceptors (Lipinski definition) is 3. The predicted octanol–water partition coefficient (Wildman–Crippen LogP) is 4.29. The molecule has 1 aromatic heterocycles. The van der Waals surface area contributed by atoms with Gasteiger partial charge in [0, 0.05) is 23.1 Å². The first-order chi connectivity index (χ1) is 12.6. The van der Waals surface area contributed by atoms with Gasteiger partial charge in [0.1, 0.15) is 5.82 Å². The average molecular weight is 346 g/mol. The van der Waals surface area contributed by atoms with Crippen LogP contribution in [0.5, 0.6) is 0 Å². The van der Waals surface area contributed by atoms with Crippen LogP contribution in [0.15, 0.2) is 72.9 Å². The molecule has 6 heteroatoms. The van der Waals surface area contributed by atoms with Gasteiger partial charge in [0.2, 0.25) is 0 Å². The quantitative estimate of drug-likeness (QED) is 0.659. The highest BCUT2D eigenvalue weighted by molar-refractivity contribution is 6.04. The predicted molar refractivity (Wildman–Crippen MR) is 102 cm³/mol. The lowest BCUT2D eigenvalue weighted by atomic mass is 10.2. The molecule has 0 aliphatic rings. The number of nitrogens with zero attached hydrogens (tertiary/aromatic N) is 1. The second-order valence-corrected chi connectivity index (χ2v) is 5.70. The van der Waals surface area contributed by atoms with Crippen molar-refractivity contribution in [2.75, 3.05) is 16.0 Å². The average Bonchev–Trinajstić information content (AvgIpc) is 2.65. The summed E-state index contributed by atoms with van der Waals surface area (Å²) in [6.07, 6.45) is 1.69. The number of hydrogen-bond donors (Lipinski definition) is 3. The summed E-state index contributed by atoms with van der Waals surface area (Å²) < 4.78 is 0. The van der Waals surface area contributed by atoms with Crippen LogP contribution >= 0.6 is 0 Å².